The third kappa shape index (κ3) is 4.71. The first-order valence-corrected chi connectivity index (χ1v) is 6.03. The quantitative estimate of drug-likeness (QED) is 0.240. The zero-order valence-corrected chi connectivity index (χ0v) is 10.8. The number of esters is 1. The fraction of sp³-hybridized carbons (Fsp3) is 0.538. The van der Waals surface area contributed by atoms with E-state index in [-0.39, 0.29) is 18.0 Å². The smallest absolute Gasteiger partial charge is 0.341 e. The number of rotatable bonds is 5. The van der Waals surface area contributed by atoms with Gasteiger partial charge in [0.05, 0.1) is 19.8 Å². The molecule has 5 nitrogen and oxygen atoms in total. The molecule has 0 saturated carbocycles. The van der Waals surface area contributed by atoms with E-state index in [1.807, 2.05) is 6.20 Å². The minimum atomic E-state index is -0.573. The molecule has 1 aliphatic rings. The maximum atomic E-state index is 11.5. The normalized spacial score (nSPS) is 17.0. The summed E-state index contributed by atoms with van der Waals surface area (Å²) in [7, 11) is 0. The summed E-state index contributed by atoms with van der Waals surface area (Å²) in [4.78, 5) is 24.9. The van der Waals surface area contributed by atoms with Gasteiger partial charge < -0.3 is 14.4 Å². The average Bonchev–Trinajstić information content (AvgIpc) is 2.35. The van der Waals surface area contributed by atoms with Crippen LogP contribution in [0.2, 0.25) is 0 Å². The highest BCUT2D eigenvalue weighted by Gasteiger charge is 2.14. The van der Waals surface area contributed by atoms with Crippen molar-refractivity contribution in [2.45, 2.75) is 13.8 Å². The first-order chi connectivity index (χ1) is 8.65. The Morgan fingerprint density at radius 1 is 1.33 bits per heavy atom. The Labute approximate surface area is 107 Å². The third-order valence-corrected chi connectivity index (χ3v) is 2.48. The summed E-state index contributed by atoms with van der Waals surface area (Å²) < 4.78 is 10.0. The summed E-state index contributed by atoms with van der Waals surface area (Å²) in [6.45, 7) is 6.36. The van der Waals surface area contributed by atoms with Gasteiger partial charge in [-0.15, -0.1) is 0 Å². The summed E-state index contributed by atoms with van der Waals surface area (Å²) in [5.74, 6) is -0.864. The van der Waals surface area contributed by atoms with Crippen LogP contribution in [0.25, 0.3) is 0 Å². The van der Waals surface area contributed by atoms with E-state index in [4.69, 9.17) is 9.47 Å². The lowest BCUT2D eigenvalue weighted by Crippen LogP contribution is -2.31. The van der Waals surface area contributed by atoms with Gasteiger partial charge in [-0.1, -0.05) is 0 Å². The van der Waals surface area contributed by atoms with Crippen LogP contribution in [0, 0.1) is 0 Å². The van der Waals surface area contributed by atoms with Crippen molar-refractivity contribution in [1.29, 1.82) is 0 Å². The number of ketones is 1. The van der Waals surface area contributed by atoms with Gasteiger partial charge in [-0.3, -0.25) is 4.79 Å². The van der Waals surface area contributed by atoms with Crippen molar-refractivity contribution in [2.75, 3.05) is 32.9 Å². The summed E-state index contributed by atoms with van der Waals surface area (Å²) in [5, 5.41) is 0. The van der Waals surface area contributed by atoms with Crippen molar-refractivity contribution in [3.63, 3.8) is 0 Å². The van der Waals surface area contributed by atoms with Crippen LogP contribution in [0.1, 0.15) is 13.8 Å². The lowest BCUT2D eigenvalue weighted by atomic mass is 10.2. The summed E-state index contributed by atoms with van der Waals surface area (Å²) >= 11 is 0. The maximum absolute atomic E-state index is 11.5. The average molecular weight is 253 g/mol. The van der Waals surface area contributed by atoms with Gasteiger partial charge in [-0.25, -0.2) is 4.79 Å². The first kappa shape index (κ1) is 14.4. The highest BCUT2D eigenvalue weighted by atomic mass is 16.5. The van der Waals surface area contributed by atoms with Crippen molar-refractivity contribution < 1.29 is 19.1 Å². The number of allylic oxidation sites excluding steroid dienone is 2. The van der Waals surface area contributed by atoms with Gasteiger partial charge in [-0.2, -0.15) is 0 Å². The fourth-order valence-electron chi connectivity index (χ4n) is 1.53. The predicted octanol–water partition coefficient (Wildman–Crippen LogP) is 0.911. The van der Waals surface area contributed by atoms with Gasteiger partial charge in [0.25, 0.3) is 0 Å². The van der Waals surface area contributed by atoms with Gasteiger partial charge in [0.2, 0.25) is 0 Å². The zero-order chi connectivity index (χ0) is 13.4. The van der Waals surface area contributed by atoms with Crippen LogP contribution in [0.4, 0.5) is 0 Å². The maximum Gasteiger partial charge on any atom is 0.341 e. The molecule has 0 N–H and O–H groups in total. The second kappa shape index (κ2) is 7.66. The molecule has 1 heterocycles. The molecule has 0 aromatic heterocycles. The van der Waals surface area contributed by atoms with Crippen LogP contribution in [0.15, 0.2) is 23.9 Å². The number of hydrogen-bond donors (Lipinski definition) is 0. The van der Waals surface area contributed by atoms with E-state index in [2.05, 4.69) is 4.90 Å². The predicted molar refractivity (Wildman–Crippen MR) is 66.9 cm³/mol. The molecule has 1 rings (SSSR count). The van der Waals surface area contributed by atoms with Crippen molar-refractivity contribution in [2.24, 2.45) is 0 Å². The Morgan fingerprint density at radius 3 is 2.56 bits per heavy atom. The summed E-state index contributed by atoms with van der Waals surface area (Å²) in [6.07, 6.45) is 5.04. The van der Waals surface area contributed by atoms with Gasteiger partial charge in [-0.05, 0) is 32.2 Å². The van der Waals surface area contributed by atoms with E-state index in [0.717, 1.165) is 13.1 Å². The second-order valence-corrected chi connectivity index (χ2v) is 3.85. The zero-order valence-electron chi connectivity index (χ0n) is 10.8. The molecule has 1 aliphatic heterocycles. The van der Waals surface area contributed by atoms with Crippen molar-refractivity contribution >= 4 is 11.8 Å². The van der Waals surface area contributed by atoms with Crippen molar-refractivity contribution in [3.8, 4) is 0 Å². The molecule has 0 unspecified atom stereocenters. The van der Waals surface area contributed by atoms with Crippen LogP contribution < -0.4 is 0 Å². The number of carbonyl (C=O) groups excluding carboxylic acids is 2. The molecule has 0 bridgehead atoms. The fourth-order valence-corrected chi connectivity index (χ4v) is 1.53. The van der Waals surface area contributed by atoms with Gasteiger partial charge in [0.15, 0.2) is 5.78 Å². The molecular formula is C13H19NO4. The van der Waals surface area contributed by atoms with Gasteiger partial charge in [0, 0.05) is 13.1 Å². The number of hydrogen-bond acceptors (Lipinski definition) is 5. The molecule has 18 heavy (non-hydrogen) atoms. The van der Waals surface area contributed by atoms with E-state index >= 15 is 0 Å². The molecular weight excluding hydrogens is 234 g/mol. The molecule has 0 spiro atoms. The number of ether oxygens (including phenoxy) is 2. The minimum absolute atomic E-state index is 0.0707. The van der Waals surface area contributed by atoms with Gasteiger partial charge >= 0.3 is 5.97 Å². The lowest BCUT2D eigenvalue weighted by molar-refractivity contribution is -0.139. The first-order valence-electron chi connectivity index (χ1n) is 6.03. The standard InChI is InChI=1S/C13H19NO4/c1-3-18-13(16)12(11(2)15)5-4-6-14-7-9-17-10-8-14/h4-6H,3,7-10H2,1-2H3/b6-4-,12-5+. The van der Waals surface area contributed by atoms with Crippen LogP contribution in [0.5, 0.6) is 0 Å². The van der Waals surface area contributed by atoms with Crippen LogP contribution in [-0.4, -0.2) is 49.6 Å². The Bertz CT molecular complexity index is 354. The molecule has 1 saturated heterocycles. The Hall–Kier alpha value is -1.62. The highest BCUT2D eigenvalue weighted by Crippen LogP contribution is 2.03. The molecule has 0 aliphatic carbocycles. The van der Waals surface area contributed by atoms with Crippen LogP contribution >= 0.6 is 0 Å². The monoisotopic (exact) mass is 253 g/mol. The number of morpholine rings is 1. The summed E-state index contributed by atoms with van der Waals surface area (Å²) in [5.41, 5.74) is 0.0707. The molecule has 0 atom stereocenters. The second-order valence-electron chi connectivity index (χ2n) is 3.85. The number of carbonyl (C=O) groups is 2. The van der Waals surface area contributed by atoms with E-state index in [0.29, 0.717) is 13.2 Å². The van der Waals surface area contributed by atoms with E-state index in [1.54, 1.807) is 13.0 Å². The van der Waals surface area contributed by atoms with Crippen molar-refractivity contribution in [1.82, 2.24) is 4.90 Å². The Morgan fingerprint density at radius 2 is 2.00 bits per heavy atom. The van der Waals surface area contributed by atoms with E-state index < -0.39 is 5.97 Å². The number of nitrogens with zero attached hydrogens (tertiary/aromatic N) is 1. The number of Topliss-reactive ketones (excluding diaryl/α,β-unsaturated/α-hetero) is 1. The van der Waals surface area contributed by atoms with Gasteiger partial charge in [0.1, 0.15) is 5.57 Å². The van der Waals surface area contributed by atoms with Crippen molar-refractivity contribution in [3.05, 3.63) is 23.9 Å². The molecule has 1 fully saturated rings. The third-order valence-electron chi connectivity index (χ3n) is 2.48. The minimum Gasteiger partial charge on any atom is -0.462 e. The molecule has 0 amide bonds. The largest absolute Gasteiger partial charge is 0.462 e. The van der Waals surface area contributed by atoms with E-state index in [1.165, 1.54) is 13.0 Å². The molecule has 0 aromatic carbocycles. The van der Waals surface area contributed by atoms with Crippen LogP contribution in [0.3, 0.4) is 0 Å². The SMILES string of the molecule is CCOC(=O)/C(=C/C=C\N1CCOCC1)C(C)=O. The van der Waals surface area contributed by atoms with E-state index in [9.17, 15) is 9.59 Å². The Balaban J connectivity index is 2.61. The van der Waals surface area contributed by atoms with Crippen LogP contribution in [-0.2, 0) is 19.1 Å². The molecule has 0 aromatic rings. The lowest BCUT2D eigenvalue weighted by Gasteiger charge is -2.24. The Kier molecular flexibility index (Phi) is 6.14. The topological polar surface area (TPSA) is 55.8 Å². The molecule has 100 valence electrons. The summed E-state index contributed by atoms with van der Waals surface area (Å²) in [6, 6.07) is 0. The highest BCUT2D eigenvalue weighted by molar-refractivity contribution is 6.16. The molecule has 5 heteroatoms. The molecule has 0 radical (unpaired) electrons.